The molecule has 0 bridgehead atoms. The van der Waals surface area contributed by atoms with Gasteiger partial charge in [-0.2, -0.15) is 0 Å². The number of benzene rings is 1. The van der Waals surface area contributed by atoms with Crippen LogP contribution >= 0.6 is 0 Å². The van der Waals surface area contributed by atoms with Gasteiger partial charge in [0.05, 0.1) is 6.10 Å². The zero-order chi connectivity index (χ0) is 15.9. The molecule has 2 fully saturated rings. The highest BCUT2D eigenvalue weighted by atomic mass is 16.7. The van der Waals surface area contributed by atoms with Crippen LogP contribution in [0.15, 0.2) is 18.2 Å². The minimum atomic E-state index is 0.212. The molecule has 1 saturated carbocycles. The Morgan fingerprint density at radius 3 is 3.04 bits per heavy atom. The molecular weight excluding hydrogens is 294 g/mol. The predicted octanol–water partition coefficient (Wildman–Crippen LogP) is 2.59. The maximum absolute atomic E-state index is 5.94. The molecule has 5 nitrogen and oxygen atoms in total. The average Bonchev–Trinajstić information content (AvgIpc) is 3.02. The number of fused-ring (bicyclic) bond motifs is 2. The highest BCUT2D eigenvalue weighted by molar-refractivity contribution is 5.46. The van der Waals surface area contributed by atoms with Crippen molar-refractivity contribution in [2.75, 3.05) is 26.6 Å². The van der Waals surface area contributed by atoms with E-state index in [1.807, 2.05) is 18.2 Å². The van der Waals surface area contributed by atoms with Gasteiger partial charge in [-0.15, -0.1) is 0 Å². The molecule has 1 N–H and O–H groups in total. The molecule has 23 heavy (non-hydrogen) atoms. The molecule has 1 aromatic carbocycles. The van der Waals surface area contributed by atoms with E-state index in [1.54, 1.807) is 0 Å². The van der Waals surface area contributed by atoms with Gasteiger partial charge in [0, 0.05) is 36.6 Å². The summed E-state index contributed by atoms with van der Waals surface area (Å²) in [6.07, 6.45) is 2.88. The lowest BCUT2D eigenvalue weighted by Crippen LogP contribution is -2.69. The molecule has 4 rings (SSSR count). The van der Waals surface area contributed by atoms with Crippen LogP contribution in [-0.4, -0.2) is 38.7 Å². The lowest BCUT2D eigenvalue weighted by Gasteiger charge is -2.60. The molecule has 3 unspecified atom stereocenters. The van der Waals surface area contributed by atoms with Gasteiger partial charge in [0.1, 0.15) is 12.4 Å². The van der Waals surface area contributed by atoms with Gasteiger partial charge >= 0.3 is 0 Å². The minimum absolute atomic E-state index is 0.212. The minimum Gasteiger partial charge on any atom is -0.492 e. The van der Waals surface area contributed by atoms with Gasteiger partial charge < -0.3 is 24.3 Å². The summed E-state index contributed by atoms with van der Waals surface area (Å²) < 4.78 is 22.4. The second kappa shape index (κ2) is 5.87. The van der Waals surface area contributed by atoms with Gasteiger partial charge in [0.25, 0.3) is 0 Å². The highest BCUT2D eigenvalue weighted by Gasteiger charge is 2.57. The van der Waals surface area contributed by atoms with E-state index in [0.29, 0.717) is 31.5 Å². The summed E-state index contributed by atoms with van der Waals surface area (Å²) in [5, 5.41) is 3.67. The Balaban J connectivity index is 1.26. The van der Waals surface area contributed by atoms with Gasteiger partial charge in [-0.1, -0.05) is 13.8 Å². The van der Waals surface area contributed by atoms with Crippen molar-refractivity contribution in [1.29, 1.82) is 0 Å². The summed E-state index contributed by atoms with van der Waals surface area (Å²) in [6.45, 7) is 7.30. The lowest BCUT2D eigenvalue weighted by atomic mass is 9.55. The summed E-state index contributed by atoms with van der Waals surface area (Å²) in [7, 11) is 0. The van der Waals surface area contributed by atoms with Gasteiger partial charge in [-0.3, -0.25) is 0 Å². The van der Waals surface area contributed by atoms with Gasteiger partial charge in [-0.05, 0) is 25.0 Å². The number of rotatable bonds is 5. The summed E-state index contributed by atoms with van der Waals surface area (Å²) in [5.41, 5.74) is 0.212. The Kier molecular flexibility index (Phi) is 3.85. The van der Waals surface area contributed by atoms with E-state index in [1.165, 1.54) is 12.8 Å². The van der Waals surface area contributed by atoms with Crippen molar-refractivity contribution in [3.8, 4) is 17.2 Å². The first-order valence-electron chi connectivity index (χ1n) is 8.54. The Bertz CT molecular complexity index is 574. The molecule has 0 radical (unpaired) electrons. The largest absolute Gasteiger partial charge is 0.492 e. The standard InChI is InChI=1S/C18H25NO4/c1-18(2)16(13-4-3-8-21-17(13)18)19-7-9-20-12-5-6-14-15(10-12)23-11-22-14/h5-6,10,13,16-17,19H,3-4,7-9,11H2,1-2H3. The molecule has 0 aromatic heterocycles. The molecular formula is C18H25NO4. The molecule has 3 atom stereocenters. The van der Waals surface area contributed by atoms with Gasteiger partial charge in [0.2, 0.25) is 6.79 Å². The van der Waals surface area contributed by atoms with Gasteiger partial charge in [-0.25, -0.2) is 0 Å². The van der Waals surface area contributed by atoms with Crippen molar-refractivity contribution in [3.05, 3.63) is 18.2 Å². The van der Waals surface area contributed by atoms with Gasteiger partial charge in [0.15, 0.2) is 11.5 Å². The van der Waals surface area contributed by atoms with E-state index in [-0.39, 0.29) is 5.41 Å². The number of hydrogen-bond acceptors (Lipinski definition) is 5. The summed E-state index contributed by atoms with van der Waals surface area (Å²) in [4.78, 5) is 0. The molecule has 0 amide bonds. The van der Waals surface area contributed by atoms with Crippen molar-refractivity contribution in [2.24, 2.45) is 11.3 Å². The van der Waals surface area contributed by atoms with Crippen LogP contribution < -0.4 is 19.5 Å². The first kappa shape index (κ1) is 15.1. The fraction of sp³-hybridized carbons (Fsp3) is 0.667. The van der Waals surface area contributed by atoms with E-state index in [2.05, 4.69) is 19.2 Å². The van der Waals surface area contributed by atoms with Crippen molar-refractivity contribution < 1.29 is 18.9 Å². The maximum atomic E-state index is 5.94. The fourth-order valence-corrected chi connectivity index (χ4v) is 4.29. The third-order valence-electron chi connectivity index (χ3n) is 5.41. The Morgan fingerprint density at radius 2 is 2.13 bits per heavy atom. The third-order valence-corrected chi connectivity index (χ3v) is 5.41. The summed E-state index contributed by atoms with van der Waals surface area (Å²) in [5.74, 6) is 3.03. The van der Waals surface area contributed by atoms with Crippen LogP contribution in [0.2, 0.25) is 0 Å². The Morgan fingerprint density at radius 1 is 1.26 bits per heavy atom. The molecule has 2 heterocycles. The van der Waals surface area contributed by atoms with Crippen molar-refractivity contribution >= 4 is 0 Å². The number of hydrogen-bond donors (Lipinski definition) is 1. The van der Waals surface area contributed by atoms with Crippen molar-refractivity contribution in [1.82, 2.24) is 5.32 Å². The first-order valence-corrected chi connectivity index (χ1v) is 8.54. The third kappa shape index (κ3) is 2.66. The predicted molar refractivity (Wildman–Crippen MR) is 86.1 cm³/mol. The fourth-order valence-electron chi connectivity index (χ4n) is 4.29. The SMILES string of the molecule is CC1(C)C(NCCOc2ccc3c(c2)OCO3)C2CCCOC21. The van der Waals surface area contributed by atoms with Crippen molar-refractivity contribution in [2.45, 2.75) is 38.8 Å². The smallest absolute Gasteiger partial charge is 0.231 e. The Labute approximate surface area is 137 Å². The first-order chi connectivity index (χ1) is 11.2. The van der Waals surface area contributed by atoms with Crippen LogP contribution in [0.25, 0.3) is 0 Å². The van der Waals surface area contributed by atoms with Crippen LogP contribution in [0.1, 0.15) is 26.7 Å². The van der Waals surface area contributed by atoms with E-state index < -0.39 is 0 Å². The molecule has 1 aromatic rings. The topological polar surface area (TPSA) is 49.0 Å². The molecule has 1 aliphatic carbocycles. The molecule has 5 heteroatoms. The normalized spacial score (nSPS) is 30.4. The average molecular weight is 319 g/mol. The van der Waals surface area contributed by atoms with Crippen molar-refractivity contribution in [3.63, 3.8) is 0 Å². The van der Waals surface area contributed by atoms with E-state index in [0.717, 1.165) is 30.4 Å². The summed E-state index contributed by atoms with van der Waals surface area (Å²) in [6, 6.07) is 6.23. The van der Waals surface area contributed by atoms with E-state index in [9.17, 15) is 0 Å². The van der Waals surface area contributed by atoms with E-state index in [4.69, 9.17) is 18.9 Å². The molecule has 126 valence electrons. The Hall–Kier alpha value is -1.46. The maximum Gasteiger partial charge on any atom is 0.231 e. The number of nitrogens with one attached hydrogen (secondary N) is 1. The van der Waals surface area contributed by atoms with Crippen LogP contribution in [0.3, 0.4) is 0 Å². The monoisotopic (exact) mass is 319 g/mol. The molecule has 2 aliphatic heterocycles. The van der Waals surface area contributed by atoms with Crippen LogP contribution in [0.5, 0.6) is 17.2 Å². The van der Waals surface area contributed by atoms with E-state index >= 15 is 0 Å². The molecule has 3 aliphatic rings. The highest BCUT2D eigenvalue weighted by Crippen LogP contribution is 2.51. The summed E-state index contributed by atoms with van der Waals surface area (Å²) >= 11 is 0. The zero-order valence-corrected chi connectivity index (χ0v) is 13.8. The quantitative estimate of drug-likeness (QED) is 0.845. The van der Waals surface area contributed by atoms with Crippen LogP contribution in [0.4, 0.5) is 0 Å². The second-order valence-corrected chi connectivity index (χ2v) is 7.21. The zero-order valence-electron chi connectivity index (χ0n) is 13.8. The number of ether oxygens (including phenoxy) is 4. The molecule has 0 spiro atoms. The second-order valence-electron chi connectivity index (χ2n) is 7.21. The molecule has 1 saturated heterocycles. The van der Waals surface area contributed by atoms with Crippen LogP contribution in [-0.2, 0) is 4.74 Å². The lowest BCUT2D eigenvalue weighted by molar-refractivity contribution is -0.192. The van der Waals surface area contributed by atoms with Crippen LogP contribution in [0, 0.1) is 11.3 Å².